The molecule has 1 fully saturated rings. The molecule has 1 aliphatic heterocycles. The minimum atomic E-state index is -0.759. The number of carbonyl (C=O) groups is 2. The predicted molar refractivity (Wildman–Crippen MR) is 118 cm³/mol. The molecule has 0 radical (unpaired) electrons. The molecule has 1 unspecified atom stereocenters. The molecule has 2 aromatic carbocycles. The van der Waals surface area contributed by atoms with Crippen LogP contribution in [0.25, 0.3) is 0 Å². The standard InChI is InChI=1S/C23H29N3O2.ClH/c1-17-7-9-20(10-8-17)22(24)23(28)25-16-21(27)26-13-11-19(12-14-26)15-18-5-3-2-4-6-18;/h2-10,19,22H,11-16,24H2,1H3,(H,25,28);1H. The van der Waals surface area contributed by atoms with Crippen LogP contribution in [0.1, 0.15) is 35.6 Å². The van der Waals surface area contributed by atoms with Gasteiger partial charge in [0.05, 0.1) is 6.54 Å². The average molecular weight is 416 g/mol. The van der Waals surface area contributed by atoms with Crippen molar-refractivity contribution < 1.29 is 9.59 Å². The zero-order valence-electron chi connectivity index (χ0n) is 16.8. The van der Waals surface area contributed by atoms with Crippen molar-refractivity contribution in [3.05, 3.63) is 71.3 Å². The van der Waals surface area contributed by atoms with Gasteiger partial charge in [0.25, 0.3) is 0 Å². The SMILES string of the molecule is Cc1ccc(C(N)C(=O)NCC(=O)N2CCC(Cc3ccccc3)CC2)cc1.Cl. The number of likely N-dealkylation sites (tertiary alicyclic amines) is 1. The lowest BCUT2D eigenvalue weighted by Gasteiger charge is -2.32. The molecule has 5 nitrogen and oxygen atoms in total. The number of amides is 2. The summed E-state index contributed by atoms with van der Waals surface area (Å²) in [6, 6.07) is 17.3. The van der Waals surface area contributed by atoms with Gasteiger partial charge in [-0.2, -0.15) is 0 Å². The van der Waals surface area contributed by atoms with Gasteiger partial charge in [-0.1, -0.05) is 60.2 Å². The molecule has 6 heteroatoms. The number of nitrogens with one attached hydrogen (secondary N) is 1. The Morgan fingerprint density at radius 1 is 1.07 bits per heavy atom. The van der Waals surface area contributed by atoms with E-state index < -0.39 is 6.04 Å². The highest BCUT2D eigenvalue weighted by atomic mass is 35.5. The van der Waals surface area contributed by atoms with E-state index in [1.807, 2.05) is 42.2 Å². The fraction of sp³-hybridized carbons (Fsp3) is 0.391. The van der Waals surface area contributed by atoms with E-state index in [0.717, 1.165) is 43.5 Å². The first-order valence-electron chi connectivity index (χ1n) is 9.94. The summed E-state index contributed by atoms with van der Waals surface area (Å²) >= 11 is 0. The Hall–Kier alpha value is -2.37. The topological polar surface area (TPSA) is 75.4 Å². The van der Waals surface area contributed by atoms with Crippen LogP contribution in [0.15, 0.2) is 54.6 Å². The van der Waals surface area contributed by atoms with Gasteiger partial charge in [0.15, 0.2) is 0 Å². The van der Waals surface area contributed by atoms with Gasteiger partial charge in [0.1, 0.15) is 6.04 Å². The van der Waals surface area contributed by atoms with Crippen LogP contribution >= 0.6 is 12.4 Å². The Kier molecular flexibility index (Phi) is 8.68. The summed E-state index contributed by atoms with van der Waals surface area (Å²) in [5.41, 5.74) is 9.22. The first-order chi connectivity index (χ1) is 13.5. The Morgan fingerprint density at radius 3 is 2.31 bits per heavy atom. The van der Waals surface area contributed by atoms with Crippen molar-refractivity contribution in [3.8, 4) is 0 Å². The second-order valence-electron chi connectivity index (χ2n) is 7.62. The smallest absolute Gasteiger partial charge is 0.241 e. The first kappa shape index (κ1) is 22.9. The molecule has 0 saturated carbocycles. The van der Waals surface area contributed by atoms with E-state index in [1.165, 1.54) is 5.56 Å². The van der Waals surface area contributed by atoms with E-state index in [4.69, 9.17) is 5.73 Å². The third kappa shape index (κ3) is 6.58. The van der Waals surface area contributed by atoms with E-state index in [9.17, 15) is 9.59 Å². The molecule has 0 spiro atoms. The minimum Gasteiger partial charge on any atom is -0.345 e. The molecule has 1 atom stereocenters. The van der Waals surface area contributed by atoms with Crippen LogP contribution in [0.5, 0.6) is 0 Å². The maximum absolute atomic E-state index is 12.4. The Bertz CT molecular complexity index is 788. The number of nitrogens with zero attached hydrogens (tertiary/aromatic N) is 1. The van der Waals surface area contributed by atoms with Gasteiger partial charge in [-0.05, 0) is 43.2 Å². The molecular weight excluding hydrogens is 386 g/mol. The van der Waals surface area contributed by atoms with Crippen molar-refractivity contribution in [3.63, 3.8) is 0 Å². The molecule has 2 amide bonds. The number of rotatable bonds is 6. The van der Waals surface area contributed by atoms with Gasteiger partial charge < -0.3 is 16.0 Å². The van der Waals surface area contributed by atoms with Gasteiger partial charge in [-0.15, -0.1) is 12.4 Å². The maximum Gasteiger partial charge on any atom is 0.241 e. The molecule has 0 aromatic heterocycles. The Balaban J connectivity index is 0.00000300. The summed E-state index contributed by atoms with van der Waals surface area (Å²) in [5, 5.41) is 2.69. The zero-order chi connectivity index (χ0) is 19.9. The molecular formula is C23H30ClN3O2. The van der Waals surface area contributed by atoms with Crippen molar-refractivity contribution >= 4 is 24.2 Å². The summed E-state index contributed by atoms with van der Waals surface area (Å²) in [5.74, 6) is 0.245. The van der Waals surface area contributed by atoms with Gasteiger partial charge >= 0.3 is 0 Å². The third-order valence-electron chi connectivity index (χ3n) is 5.47. The molecule has 3 rings (SSSR count). The highest BCUT2D eigenvalue weighted by Gasteiger charge is 2.24. The summed E-state index contributed by atoms with van der Waals surface area (Å²) in [6.45, 7) is 3.48. The van der Waals surface area contributed by atoms with Gasteiger partial charge in [0, 0.05) is 13.1 Å². The number of benzene rings is 2. The minimum absolute atomic E-state index is 0. The number of hydrogen-bond acceptors (Lipinski definition) is 3. The summed E-state index contributed by atoms with van der Waals surface area (Å²) in [6.07, 6.45) is 3.06. The molecule has 1 heterocycles. The lowest BCUT2D eigenvalue weighted by atomic mass is 9.90. The van der Waals surface area contributed by atoms with E-state index in [0.29, 0.717) is 5.92 Å². The quantitative estimate of drug-likeness (QED) is 0.761. The monoisotopic (exact) mass is 415 g/mol. The maximum atomic E-state index is 12.4. The van der Waals surface area contributed by atoms with Crippen molar-refractivity contribution in [2.24, 2.45) is 11.7 Å². The van der Waals surface area contributed by atoms with Crippen LogP contribution in [-0.2, 0) is 16.0 Å². The van der Waals surface area contributed by atoms with Gasteiger partial charge in [-0.3, -0.25) is 9.59 Å². The van der Waals surface area contributed by atoms with Crippen LogP contribution < -0.4 is 11.1 Å². The number of nitrogens with two attached hydrogens (primary N) is 1. The highest BCUT2D eigenvalue weighted by molar-refractivity contribution is 5.88. The fourth-order valence-electron chi connectivity index (χ4n) is 3.64. The Morgan fingerprint density at radius 2 is 1.69 bits per heavy atom. The predicted octanol–water partition coefficient (Wildman–Crippen LogP) is 3.01. The molecule has 2 aromatic rings. The highest BCUT2D eigenvalue weighted by Crippen LogP contribution is 2.21. The Labute approximate surface area is 179 Å². The van der Waals surface area contributed by atoms with Crippen molar-refractivity contribution in [1.29, 1.82) is 0 Å². The second kappa shape index (κ2) is 11.0. The lowest BCUT2D eigenvalue weighted by Crippen LogP contribution is -2.45. The van der Waals surface area contributed by atoms with Crippen LogP contribution in [0.4, 0.5) is 0 Å². The van der Waals surface area contributed by atoms with Crippen LogP contribution in [0.3, 0.4) is 0 Å². The fourth-order valence-corrected chi connectivity index (χ4v) is 3.64. The van der Waals surface area contributed by atoms with Crippen molar-refractivity contribution in [1.82, 2.24) is 10.2 Å². The number of piperidine rings is 1. The number of carbonyl (C=O) groups excluding carboxylic acids is 2. The number of hydrogen-bond donors (Lipinski definition) is 2. The third-order valence-corrected chi connectivity index (χ3v) is 5.47. The average Bonchev–Trinajstić information content (AvgIpc) is 2.73. The molecule has 0 aliphatic carbocycles. The largest absolute Gasteiger partial charge is 0.345 e. The molecule has 1 aliphatic rings. The summed E-state index contributed by atoms with van der Waals surface area (Å²) in [4.78, 5) is 26.6. The number of aryl methyl sites for hydroxylation is 1. The van der Waals surface area contributed by atoms with Gasteiger partial charge in [0.2, 0.25) is 11.8 Å². The zero-order valence-corrected chi connectivity index (χ0v) is 17.7. The molecule has 29 heavy (non-hydrogen) atoms. The summed E-state index contributed by atoms with van der Waals surface area (Å²) < 4.78 is 0. The molecule has 3 N–H and O–H groups in total. The van der Waals surface area contributed by atoms with E-state index in [-0.39, 0.29) is 30.8 Å². The van der Waals surface area contributed by atoms with Crippen LogP contribution in [0.2, 0.25) is 0 Å². The number of halogens is 1. The van der Waals surface area contributed by atoms with E-state index in [1.54, 1.807) is 0 Å². The lowest BCUT2D eigenvalue weighted by molar-refractivity contribution is -0.134. The molecule has 1 saturated heterocycles. The van der Waals surface area contributed by atoms with Gasteiger partial charge in [-0.25, -0.2) is 0 Å². The van der Waals surface area contributed by atoms with E-state index in [2.05, 4.69) is 29.6 Å². The van der Waals surface area contributed by atoms with Crippen molar-refractivity contribution in [2.75, 3.05) is 19.6 Å². The van der Waals surface area contributed by atoms with Crippen molar-refractivity contribution in [2.45, 2.75) is 32.2 Å². The normalized spacial score (nSPS) is 15.3. The molecule has 156 valence electrons. The van der Waals surface area contributed by atoms with Crippen LogP contribution in [-0.4, -0.2) is 36.3 Å². The van der Waals surface area contributed by atoms with Crippen LogP contribution in [0, 0.1) is 12.8 Å². The van der Waals surface area contributed by atoms with E-state index >= 15 is 0 Å². The second-order valence-corrected chi connectivity index (χ2v) is 7.62. The summed E-state index contributed by atoms with van der Waals surface area (Å²) in [7, 11) is 0. The molecule has 0 bridgehead atoms. The first-order valence-corrected chi connectivity index (χ1v) is 9.94.